The summed E-state index contributed by atoms with van der Waals surface area (Å²) in [6, 6.07) is 11.3. The van der Waals surface area contributed by atoms with Crippen molar-refractivity contribution in [2.24, 2.45) is 23.2 Å². The molecule has 0 saturated heterocycles. The summed E-state index contributed by atoms with van der Waals surface area (Å²) in [5.41, 5.74) is 2.59. The topological polar surface area (TPSA) is 81.9 Å². The van der Waals surface area contributed by atoms with Gasteiger partial charge in [0, 0.05) is 17.4 Å². The number of carbonyl (C=O) groups is 1. The van der Waals surface area contributed by atoms with Gasteiger partial charge in [0.1, 0.15) is 12.1 Å². The third kappa shape index (κ3) is 3.79. The highest BCUT2D eigenvalue weighted by atomic mass is 16.5. The fraction of sp³-hybridized carbons (Fsp3) is 0.462. The molecule has 4 bridgehead atoms. The van der Waals surface area contributed by atoms with Crippen molar-refractivity contribution in [3.05, 3.63) is 54.1 Å². The minimum Gasteiger partial charge on any atom is -0.439 e. The minimum absolute atomic E-state index is 0.149. The molecular formula is C26H29N5O2. The van der Waals surface area contributed by atoms with E-state index in [1.54, 1.807) is 10.7 Å². The number of amides is 1. The van der Waals surface area contributed by atoms with Crippen LogP contribution in [0.15, 0.2) is 42.7 Å². The summed E-state index contributed by atoms with van der Waals surface area (Å²) < 4.78 is 7.71. The Kier molecular flexibility index (Phi) is 4.75. The van der Waals surface area contributed by atoms with Crippen LogP contribution in [0.2, 0.25) is 0 Å². The second-order valence-corrected chi connectivity index (χ2v) is 10.3. The number of ether oxygens (including phenoxy) is 1. The van der Waals surface area contributed by atoms with E-state index in [1.165, 1.54) is 25.6 Å². The predicted octanol–water partition coefficient (Wildman–Crippen LogP) is 5.23. The number of aromatic nitrogens is 4. The Morgan fingerprint density at radius 2 is 1.67 bits per heavy atom. The maximum Gasteiger partial charge on any atom is 0.230 e. The number of nitrogens with one attached hydrogen (secondary N) is 1. The maximum absolute atomic E-state index is 13.3. The van der Waals surface area contributed by atoms with Crippen molar-refractivity contribution in [3.63, 3.8) is 0 Å². The van der Waals surface area contributed by atoms with E-state index in [-0.39, 0.29) is 11.3 Å². The minimum atomic E-state index is -0.149. The lowest BCUT2D eigenvalue weighted by Gasteiger charge is -2.55. The summed E-state index contributed by atoms with van der Waals surface area (Å²) >= 11 is 0. The molecular weight excluding hydrogens is 414 g/mol. The van der Waals surface area contributed by atoms with Gasteiger partial charge in [-0.1, -0.05) is 0 Å². The van der Waals surface area contributed by atoms with Gasteiger partial charge in [0.2, 0.25) is 11.8 Å². The van der Waals surface area contributed by atoms with Crippen LogP contribution >= 0.6 is 0 Å². The zero-order valence-corrected chi connectivity index (χ0v) is 19.1. The van der Waals surface area contributed by atoms with Crippen LogP contribution in [0.4, 0.5) is 5.69 Å². The number of hydrogen-bond donors (Lipinski definition) is 1. The van der Waals surface area contributed by atoms with Crippen LogP contribution in [-0.4, -0.2) is 25.7 Å². The summed E-state index contributed by atoms with van der Waals surface area (Å²) in [7, 11) is 0. The van der Waals surface area contributed by atoms with Crippen molar-refractivity contribution in [1.82, 2.24) is 19.7 Å². The Balaban J connectivity index is 1.14. The Morgan fingerprint density at radius 3 is 2.27 bits per heavy atom. The number of hydrogen-bond acceptors (Lipinski definition) is 5. The summed E-state index contributed by atoms with van der Waals surface area (Å²) in [6.07, 6.45) is 8.68. The van der Waals surface area contributed by atoms with Gasteiger partial charge in [-0.15, -0.1) is 0 Å². The molecule has 4 aliphatic rings. The first kappa shape index (κ1) is 20.4. The van der Waals surface area contributed by atoms with Gasteiger partial charge in [-0.25, -0.2) is 14.6 Å². The number of carbonyl (C=O) groups excluding carboxylic acids is 1. The highest BCUT2D eigenvalue weighted by molar-refractivity contribution is 5.95. The fourth-order valence-electron chi connectivity index (χ4n) is 6.74. The van der Waals surface area contributed by atoms with Crippen molar-refractivity contribution in [2.75, 3.05) is 5.32 Å². The SMILES string of the molecule is Cc1cc(C)n(-c2cc(Oc3ccc(NC(=O)C45CC6CC(CC(C6)C4)C5)cc3)ncn2)n1. The van der Waals surface area contributed by atoms with E-state index in [0.717, 1.165) is 54.1 Å². The molecule has 2 heterocycles. The van der Waals surface area contributed by atoms with Gasteiger partial charge >= 0.3 is 0 Å². The first-order valence-electron chi connectivity index (χ1n) is 11.9. The van der Waals surface area contributed by atoms with E-state index < -0.39 is 0 Å². The quantitative estimate of drug-likeness (QED) is 0.584. The van der Waals surface area contributed by atoms with E-state index in [9.17, 15) is 4.79 Å². The van der Waals surface area contributed by atoms with Gasteiger partial charge in [-0.3, -0.25) is 4.79 Å². The molecule has 7 heteroatoms. The smallest absolute Gasteiger partial charge is 0.230 e. The van der Waals surface area contributed by atoms with Crippen LogP contribution in [0.3, 0.4) is 0 Å². The molecule has 7 nitrogen and oxygen atoms in total. The van der Waals surface area contributed by atoms with Crippen LogP contribution in [0, 0.1) is 37.0 Å². The van der Waals surface area contributed by atoms with Gasteiger partial charge in [-0.05, 0) is 100 Å². The second-order valence-electron chi connectivity index (χ2n) is 10.3. The lowest BCUT2D eigenvalue weighted by Crippen LogP contribution is -2.51. The molecule has 1 aromatic carbocycles. The van der Waals surface area contributed by atoms with Crippen molar-refractivity contribution < 1.29 is 9.53 Å². The summed E-state index contributed by atoms with van der Waals surface area (Å²) in [5.74, 6) is 4.23. The second kappa shape index (κ2) is 7.68. The molecule has 4 saturated carbocycles. The highest BCUT2D eigenvalue weighted by Crippen LogP contribution is 2.60. The molecule has 7 rings (SSSR count). The molecule has 1 N–H and O–H groups in total. The van der Waals surface area contributed by atoms with Gasteiger partial charge in [0.25, 0.3) is 0 Å². The van der Waals surface area contributed by atoms with Crippen LogP contribution in [0.25, 0.3) is 5.82 Å². The number of rotatable bonds is 5. The summed E-state index contributed by atoms with van der Waals surface area (Å²) in [5, 5.41) is 7.66. The van der Waals surface area contributed by atoms with E-state index in [1.807, 2.05) is 44.2 Å². The van der Waals surface area contributed by atoms with E-state index in [0.29, 0.717) is 17.4 Å². The number of anilines is 1. The van der Waals surface area contributed by atoms with Crippen LogP contribution in [0.5, 0.6) is 11.6 Å². The average Bonchev–Trinajstić information content (AvgIpc) is 3.12. The van der Waals surface area contributed by atoms with Gasteiger partial charge in [0.05, 0.1) is 11.1 Å². The van der Waals surface area contributed by atoms with Crippen molar-refractivity contribution in [3.8, 4) is 17.4 Å². The molecule has 33 heavy (non-hydrogen) atoms. The Morgan fingerprint density at radius 1 is 1.00 bits per heavy atom. The van der Waals surface area contributed by atoms with E-state index in [4.69, 9.17) is 4.74 Å². The number of nitrogens with zero attached hydrogens (tertiary/aromatic N) is 4. The van der Waals surface area contributed by atoms with Crippen LogP contribution in [0.1, 0.15) is 49.9 Å². The number of benzene rings is 1. The Bertz CT molecular complexity index is 1160. The normalized spacial score (nSPS) is 27.5. The zero-order valence-electron chi connectivity index (χ0n) is 19.1. The number of aryl methyl sites for hydroxylation is 2. The molecule has 2 aromatic heterocycles. The van der Waals surface area contributed by atoms with Crippen molar-refractivity contribution in [1.29, 1.82) is 0 Å². The lowest BCUT2D eigenvalue weighted by molar-refractivity contribution is -0.140. The van der Waals surface area contributed by atoms with Gasteiger partial charge in [0.15, 0.2) is 5.82 Å². The average molecular weight is 444 g/mol. The molecule has 0 radical (unpaired) electrons. The Labute approximate surface area is 193 Å². The molecule has 0 atom stereocenters. The molecule has 3 aromatic rings. The van der Waals surface area contributed by atoms with E-state index in [2.05, 4.69) is 20.4 Å². The van der Waals surface area contributed by atoms with E-state index >= 15 is 0 Å². The monoisotopic (exact) mass is 443 g/mol. The molecule has 0 aliphatic heterocycles. The third-order valence-corrected chi connectivity index (χ3v) is 7.71. The van der Waals surface area contributed by atoms with Crippen LogP contribution in [-0.2, 0) is 4.79 Å². The Hall–Kier alpha value is -3.22. The molecule has 4 fully saturated rings. The first-order valence-corrected chi connectivity index (χ1v) is 11.9. The predicted molar refractivity (Wildman–Crippen MR) is 124 cm³/mol. The van der Waals surface area contributed by atoms with Gasteiger partial charge in [-0.2, -0.15) is 5.10 Å². The molecule has 170 valence electrons. The standard InChI is InChI=1S/C26H29N5O2/c1-16-7-17(2)31(30-16)23-11-24(28-15-27-23)33-22-5-3-21(4-6-22)29-25(32)26-12-18-8-19(13-26)10-20(9-18)14-26/h3-7,11,15,18-20H,8-10,12-14H2,1-2H3,(H,29,32). The third-order valence-electron chi connectivity index (χ3n) is 7.71. The molecule has 4 aliphatic carbocycles. The van der Waals surface area contributed by atoms with Gasteiger partial charge < -0.3 is 10.1 Å². The maximum atomic E-state index is 13.3. The largest absolute Gasteiger partial charge is 0.439 e. The van der Waals surface area contributed by atoms with Crippen molar-refractivity contribution >= 4 is 11.6 Å². The lowest BCUT2D eigenvalue weighted by atomic mass is 9.49. The summed E-state index contributed by atoms with van der Waals surface area (Å²) in [4.78, 5) is 21.8. The first-order chi connectivity index (χ1) is 16.0. The molecule has 1 amide bonds. The molecule has 0 unspecified atom stereocenters. The summed E-state index contributed by atoms with van der Waals surface area (Å²) in [6.45, 7) is 3.94. The zero-order chi connectivity index (χ0) is 22.6. The molecule has 0 spiro atoms. The van der Waals surface area contributed by atoms with Crippen molar-refractivity contribution in [2.45, 2.75) is 52.4 Å². The fourth-order valence-corrected chi connectivity index (χ4v) is 6.74. The van der Waals surface area contributed by atoms with Crippen LogP contribution < -0.4 is 10.1 Å². The highest BCUT2D eigenvalue weighted by Gasteiger charge is 2.54.